The lowest BCUT2D eigenvalue weighted by molar-refractivity contribution is 0.434. The highest BCUT2D eigenvalue weighted by Gasteiger charge is 2.16. The van der Waals surface area contributed by atoms with Crippen LogP contribution in [0.2, 0.25) is 0 Å². The highest BCUT2D eigenvalue weighted by Crippen LogP contribution is 2.36. The van der Waals surface area contributed by atoms with Crippen LogP contribution in [0.4, 0.5) is 5.69 Å². The van der Waals surface area contributed by atoms with Gasteiger partial charge in [-0.2, -0.15) is 0 Å². The zero-order valence-electron chi connectivity index (χ0n) is 11.7. The molecule has 0 amide bonds. The van der Waals surface area contributed by atoms with Crippen LogP contribution in [0, 0.1) is 13.8 Å². The molecule has 1 unspecified atom stereocenters. The fraction of sp³-hybridized carbons (Fsp3) is 0.250. The Morgan fingerprint density at radius 3 is 2.25 bits per heavy atom. The minimum atomic E-state index is -0.214. The first-order valence-corrected chi connectivity index (χ1v) is 7.23. The van der Waals surface area contributed by atoms with Crippen molar-refractivity contribution >= 4 is 21.6 Å². The van der Waals surface area contributed by atoms with Crippen molar-refractivity contribution in [3.63, 3.8) is 0 Å². The van der Waals surface area contributed by atoms with Crippen LogP contribution in [-0.4, -0.2) is 10.2 Å². The zero-order valence-corrected chi connectivity index (χ0v) is 13.3. The molecule has 2 aromatic carbocycles. The molecule has 3 nitrogen and oxygen atoms in total. The molecule has 2 aromatic rings. The first-order chi connectivity index (χ1) is 9.40. The Morgan fingerprint density at radius 2 is 1.70 bits per heavy atom. The van der Waals surface area contributed by atoms with Crippen molar-refractivity contribution in [3.8, 4) is 11.5 Å². The van der Waals surface area contributed by atoms with Crippen LogP contribution in [0.3, 0.4) is 0 Å². The van der Waals surface area contributed by atoms with Gasteiger partial charge in [0.1, 0.15) is 11.5 Å². The van der Waals surface area contributed by atoms with Gasteiger partial charge in [-0.25, -0.2) is 0 Å². The van der Waals surface area contributed by atoms with Gasteiger partial charge in [-0.3, -0.25) is 0 Å². The average Bonchev–Trinajstić information content (AvgIpc) is 2.33. The number of phenols is 2. The van der Waals surface area contributed by atoms with E-state index in [1.807, 2.05) is 26.8 Å². The monoisotopic (exact) mass is 335 g/mol. The third-order valence-corrected chi connectivity index (χ3v) is 3.91. The van der Waals surface area contributed by atoms with Crippen molar-refractivity contribution < 1.29 is 10.2 Å². The number of aryl methyl sites for hydroxylation is 2. The van der Waals surface area contributed by atoms with Crippen molar-refractivity contribution in [2.75, 3.05) is 5.32 Å². The van der Waals surface area contributed by atoms with E-state index in [9.17, 15) is 10.2 Å². The lowest BCUT2D eigenvalue weighted by Crippen LogP contribution is -2.09. The van der Waals surface area contributed by atoms with Crippen LogP contribution in [0.1, 0.15) is 29.7 Å². The molecule has 0 aromatic heterocycles. The molecule has 106 valence electrons. The Kier molecular flexibility index (Phi) is 4.23. The molecule has 4 heteroatoms. The van der Waals surface area contributed by atoms with Crippen LogP contribution < -0.4 is 5.32 Å². The predicted octanol–water partition coefficient (Wildman–Crippen LogP) is 4.65. The van der Waals surface area contributed by atoms with Crippen LogP contribution in [0.25, 0.3) is 0 Å². The number of nitrogens with one attached hydrogen (secondary N) is 1. The van der Waals surface area contributed by atoms with Crippen LogP contribution in [0.5, 0.6) is 11.5 Å². The molecule has 0 heterocycles. The maximum atomic E-state index is 9.91. The summed E-state index contributed by atoms with van der Waals surface area (Å²) in [5, 5.41) is 23.2. The minimum Gasteiger partial charge on any atom is -0.507 e. The molecule has 20 heavy (non-hydrogen) atoms. The lowest BCUT2D eigenvalue weighted by atomic mass is 10.0. The number of hydrogen-bond donors (Lipinski definition) is 3. The first kappa shape index (κ1) is 14.7. The maximum Gasteiger partial charge on any atom is 0.124 e. The second-order valence-electron chi connectivity index (χ2n) is 5.01. The fourth-order valence-corrected chi connectivity index (χ4v) is 3.16. The Hall–Kier alpha value is -1.68. The van der Waals surface area contributed by atoms with E-state index >= 15 is 0 Å². The van der Waals surface area contributed by atoms with E-state index in [2.05, 4.69) is 27.3 Å². The summed E-state index contributed by atoms with van der Waals surface area (Å²) in [5.41, 5.74) is 3.75. The van der Waals surface area contributed by atoms with Crippen molar-refractivity contribution in [1.82, 2.24) is 0 Å². The third-order valence-electron chi connectivity index (χ3n) is 3.29. The Balaban J connectivity index is 2.35. The third kappa shape index (κ3) is 2.90. The van der Waals surface area contributed by atoms with Gasteiger partial charge in [0.05, 0.1) is 17.3 Å². The van der Waals surface area contributed by atoms with E-state index in [-0.39, 0.29) is 17.5 Å². The van der Waals surface area contributed by atoms with Crippen molar-refractivity contribution in [2.45, 2.75) is 26.8 Å². The molecule has 0 spiro atoms. The lowest BCUT2D eigenvalue weighted by Gasteiger charge is -2.21. The standard InChI is InChI=1S/C16H18BrNO2/c1-9-7-10(2)16(12(17)8-9)18-11(3)15-13(19)5-4-6-14(15)20/h4-8,11,18-20H,1-3H3. The number of rotatable bonds is 3. The normalized spacial score (nSPS) is 12.2. The van der Waals surface area contributed by atoms with Gasteiger partial charge in [0, 0.05) is 4.47 Å². The molecule has 0 radical (unpaired) electrons. The molecule has 0 saturated heterocycles. The second-order valence-corrected chi connectivity index (χ2v) is 5.87. The molecule has 3 N–H and O–H groups in total. The van der Waals surface area contributed by atoms with E-state index in [1.165, 1.54) is 5.56 Å². The maximum absolute atomic E-state index is 9.91. The van der Waals surface area contributed by atoms with E-state index in [4.69, 9.17) is 0 Å². The van der Waals surface area contributed by atoms with E-state index in [0.29, 0.717) is 5.56 Å². The largest absolute Gasteiger partial charge is 0.507 e. The Labute approximate surface area is 127 Å². The van der Waals surface area contributed by atoms with Crippen LogP contribution >= 0.6 is 15.9 Å². The highest BCUT2D eigenvalue weighted by atomic mass is 79.9. The summed E-state index contributed by atoms with van der Waals surface area (Å²) in [6.07, 6.45) is 0. The smallest absolute Gasteiger partial charge is 0.124 e. The molecular formula is C16H18BrNO2. The van der Waals surface area contributed by atoms with Gasteiger partial charge in [-0.15, -0.1) is 0 Å². The van der Waals surface area contributed by atoms with E-state index in [1.54, 1.807) is 18.2 Å². The molecule has 1 atom stereocenters. The van der Waals surface area contributed by atoms with Crippen LogP contribution in [-0.2, 0) is 0 Å². The number of aromatic hydroxyl groups is 2. The van der Waals surface area contributed by atoms with Gasteiger partial charge >= 0.3 is 0 Å². The van der Waals surface area contributed by atoms with Crippen molar-refractivity contribution in [1.29, 1.82) is 0 Å². The second kappa shape index (κ2) is 5.75. The highest BCUT2D eigenvalue weighted by molar-refractivity contribution is 9.10. The Morgan fingerprint density at radius 1 is 1.10 bits per heavy atom. The molecule has 0 aliphatic carbocycles. The molecule has 0 bridgehead atoms. The summed E-state index contributed by atoms with van der Waals surface area (Å²) in [5.74, 6) is 0.178. The molecule has 0 saturated carbocycles. The molecule has 2 rings (SSSR count). The van der Waals surface area contributed by atoms with Gasteiger partial charge in [0.25, 0.3) is 0 Å². The van der Waals surface area contributed by atoms with Gasteiger partial charge < -0.3 is 15.5 Å². The summed E-state index contributed by atoms with van der Waals surface area (Å²) in [6, 6.07) is 8.67. The van der Waals surface area contributed by atoms with Gasteiger partial charge in [0.15, 0.2) is 0 Å². The van der Waals surface area contributed by atoms with Crippen molar-refractivity contribution in [2.24, 2.45) is 0 Å². The number of anilines is 1. The van der Waals surface area contributed by atoms with Gasteiger partial charge in [0.2, 0.25) is 0 Å². The molecule has 0 aliphatic rings. The fourth-order valence-electron chi connectivity index (χ4n) is 2.37. The number of phenolic OH excluding ortho intramolecular Hbond substituents is 2. The van der Waals surface area contributed by atoms with Gasteiger partial charge in [-0.05, 0) is 66.0 Å². The number of benzene rings is 2. The SMILES string of the molecule is Cc1cc(C)c(NC(C)c2c(O)cccc2O)c(Br)c1. The summed E-state index contributed by atoms with van der Waals surface area (Å²) < 4.78 is 0.969. The predicted molar refractivity (Wildman–Crippen MR) is 85.4 cm³/mol. The van der Waals surface area contributed by atoms with Crippen LogP contribution in [0.15, 0.2) is 34.8 Å². The topological polar surface area (TPSA) is 52.5 Å². The Bertz CT molecular complexity index is 597. The molecule has 0 fully saturated rings. The summed E-state index contributed by atoms with van der Waals surface area (Å²) in [7, 11) is 0. The zero-order chi connectivity index (χ0) is 14.9. The number of halogens is 1. The van der Waals surface area contributed by atoms with E-state index < -0.39 is 0 Å². The molecular weight excluding hydrogens is 318 g/mol. The quantitative estimate of drug-likeness (QED) is 0.765. The minimum absolute atomic E-state index is 0.0888. The summed E-state index contributed by atoms with van der Waals surface area (Å²) >= 11 is 3.55. The summed E-state index contributed by atoms with van der Waals surface area (Å²) in [6.45, 7) is 5.97. The number of hydrogen-bond acceptors (Lipinski definition) is 3. The average molecular weight is 336 g/mol. The van der Waals surface area contributed by atoms with Gasteiger partial charge in [-0.1, -0.05) is 12.1 Å². The van der Waals surface area contributed by atoms with Crippen molar-refractivity contribution in [3.05, 3.63) is 51.5 Å². The summed E-state index contributed by atoms with van der Waals surface area (Å²) in [4.78, 5) is 0. The molecule has 0 aliphatic heterocycles. The first-order valence-electron chi connectivity index (χ1n) is 6.44. The van der Waals surface area contributed by atoms with E-state index in [0.717, 1.165) is 15.7 Å².